The van der Waals surface area contributed by atoms with Crippen molar-refractivity contribution in [3.05, 3.63) is 202 Å². The Morgan fingerprint density at radius 1 is 0.237 bits per heavy atom. The Hall–Kier alpha value is -4.68. The second kappa shape index (κ2) is 7.91. The van der Waals surface area contributed by atoms with Crippen molar-refractivity contribution in [2.75, 3.05) is 0 Å². The van der Waals surface area contributed by atoms with Gasteiger partial charge in [-0.15, -0.1) is 0 Å². The van der Waals surface area contributed by atoms with Crippen LogP contribution in [-0.4, -0.2) is 0 Å². The van der Waals surface area contributed by atoms with E-state index in [-0.39, 0.29) is 5.41 Å². The smallest absolute Gasteiger partial charge is 0.0622 e. The SMILES string of the molecule is c1ccc(C2(c3ccccc3)c3ccccc3C3(c4ccccc4-c4ccccc43)c3ccccc32)cc1. The summed E-state index contributed by atoms with van der Waals surface area (Å²) in [4.78, 5) is 0. The lowest BCUT2D eigenvalue weighted by Gasteiger charge is -2.50. The van der Waals surface area contributed by atoms with Gasteiger partial charge in [0.15, 0.2) is 0 Å². The molecular weight excluding hydrogens is 456 g/mol. The first-order valence-corrected chi connectivity index (χ1v) is 13.4. The van der Waals surface area contributed by atoms with Gasteiger partial charge in [0.25, 0.3) is 0 Å². The molecule has 0 heterocycles. The topological polar surface area (TPSA) is 0 Å². The van der Waals surface area contributed by atoms with E-state index < -0.39 is 5.41 Å². The molecule has 2 aliphatic rings. The van der Waals surface area contributed by atoms with Crippen LogP contribution >= 0.6 is 0 Å². The molecule has 0 nitrogen and oxygen atoms in total. The number of hydrogen-bond donors (Lipinski definition) is 0. The lowest BCUT2D eigenvalue weighted by atomic mass is 9.51. The summed E-state index contributed by atoms with van der Waals surface area (Å²) in [6.45, 7) is 0. The molecule has 38 heavy (non-hydrogen) atoms. The molecule has 178 valence electrons. The van der Waals surface area contributed by atoms with Crippen LogP contribution in [0.1, 0.15) is 44.5 Å². The van der Waals surface area contributed by atoms with Crippen molar-refractivity contribution in [3.8, 4) is 11.1 Å². The molecule has 0 saturated carbocycles. The Kier molecular flexibility index (Phi) is 4.46. The van der Waals surface area contributed by atoms with Crippen LogP contribution in [0.15, 0.2) is 158 Å². The fourth-order valence-electron chi connectivity index (χ4n) is 7.54. The summed E-state index contributed by atoms with van der Waals surface area (Å²) in [7, 11) is 0. The third-order valence-corrected chi connectivity index (χ3v) is 8.84. The molecule has 0 aliphatic heterocycles. The van der Waals surface area contributed by atoms with E-state index in [0.29, 0.717) is 0 Å². The van der Waals surface area contributed by atoms with E-state index in [4.69, 9.17) is 0 Å². The average molecular weight is 483 g/mol. The van der Waals surface area contributed by atoms with Crippen molar-refractivity contribution in [3.63, 3.8) is 0 Å². The largest absolute Gasteiger partial charge is 0.0720 e. The van der Waals surface area contributed by atoms with Crippen LogP contribution in [0, 0.1) is 0 Å². The third-order valence-electron chi connectivity index (χ3n) is 8.84. The number of fused-ring (bicyclic) bond motifs is 9. The zero-order valence-corrected chi connectivity index (χ0v) is 21.0. The van der Waals surface area contributed by atoms with Gasteiger partial charge in [-0.25, -0.2) is 0 Å². The normalized spacial score (nSPS) is 15.3. The molecule has 0 heteroatoms. The summed E-state index contributed by atoms with van der Waals surface area (Å²) in [5.41, 5.74) is 12.6. The highest BCUT2D eigenvalue weighted by Gasteiger charge is 2.56. The fourth-order valence-corrected chi connectivity index (χ4v) is 7.54. The summed E-state index contributed by atoms with van der Waals surface area (Å²) < 4.78 is 0. The van der Waals surface area contributed by atoms with Crippen LogP contribution in [0.25, 0.3) is 11.1 Å². The molecule has 0 aromatic heterocycles. The second-order valence-electron chi connectivity index (χ2n) is 10.4. The highest BCUT2D eigenvalue weighted by Crippen LogP contribution is 2.64. The summed E-state index contributed by atoms with van der Waals surface area (Å²) in [6, 6.07) is 58.6. The van der Waals surface area contributed by atoms with E-state index in [9.17, 15) is 0 Å². The van der Waals surface area contributed by atoms with Gasteiger partial charge in [-0.05, 0) is 55.6 Å². The van der Waals surface area contributed by atoms with Crippen LogP contribution < -0.4 is 0 Å². The molecule has 0 atom stereocenters. The lowest BCUT2D eigenvalue weighted by molar-refractivity contribution is 0.623. The van der Waals surface area contributed by atoms with Gasteiger partial charge in [0.2, 0.25) is 0 Å². The van der Waals surface area contributed by atoms with Crippen LogP contribution in [-0.2, 0) is 10.8 Å². The molecule has 0 radical (unpaired) electrons. The minimum atomic E-state index is -0.437. The third kappa shape index (κ3) is 2.50. The maximum absolute atomic E-state index is 2.38. The minimum absolute atomic E-state index is 0.382. The zero-order chi connectivity index (χ0) is 25.2. The monoisotopic (exact) mass is 482 g/mol. The first kappa shape index (κ1) is 21.4. The van der Waals surface area contributed by atoms with E-state index in [1.165, 1.54) is 55.6 Å². The predicted octanol–water partition coefficient (Wildman–Crippen LogP) is 8.75. The number of benzene rings is 6. The zero-order valence-electron chi connectivity index (χ0n) is 21.0. The maximum Gasteiger partial charge on any atom is 0.0720 e. The van der Waals surface area contributed by atoms with Gasteiger partial charge < -0.3 is 0 Å². The molecule has 0 N–H and O–H groups in total. The molecular formula is C38H26. The van der Waals surface area contributed by atoms with Gasteiger partial charge in [-0.2, -0.15) is 0 Å². The molecule has 0 saturated heterocycles. The van der Waals surface area contributed by atoms with Crippen molar-refractivity contribution in [2.45, 2.75) is 10.8 Å². The molecule has 0 fully saturated rings. The molecule has 0 amide bonds. The van der Waals surface area contributed by atoms with Crippen molar-refractivity contribution in [2.24, 2.45) is 0 Å². The molecule has 1 spiro atoms. The molecule has 8 rings (SSSR count). The highest BCUT2D eigenvalue weighted by molar-refractivity contribution is 5.89. The number of rotatable bonds is 2. The van der Waals surface area contributed by atoms with E-state index >= 15 is 0 Å². The van der Waals surface area contributed by atoms with Crippen LogP contribution in [0.2, 0.25) is 0 Å². The van der Waals surface area contributed by atoms with E-state index in [1.807, 2.05) is 0 Å². The van der Waals surface area contributed by atoms with Crippen molar-refractivity contribution in [1.29, 1.82) is 0 Å². The van der Waals surface area contributed by atoms with Crippen LogP contribution in [0.4, 0.5) is 0 Å². The maximum atomic E-state index is 2.38. The summed E-state index contributed by atoms with van der Waals surface area (Å²) in [6.07, 6.45) is 0. The average Bonchev–Trinajstić information content (AvgIpc) is 3.30. The quantitative estimate of drug-likeness (QED) is 0.231. The summed E-state index contributed by atoms with van der Waals surface area (Å²) in [5.74, 6) is 0. The Morgan fingerprint density at radius 3 is 0.921 bits per heavy atom. The van der Waals surface area contributed by atoms with Gasteiger partial charge in [0.1, 0.15) is 0 Å². The number of hydrogen-bond acceptors (Lipinski definition) is 0. The first-order valence-electron chi connectivity index (χ1n) is 13.4. The molecule has 6 aromatic rings. The Balaban J connectivity index is 1.62. The molecule has 2 aliphatic carbocycles. The highest BCUT2D eigenvalue weighted by atomic mass is 14.6. The lowest BCUT2D eigenvalue weighted by Crippen LogP contribution is -2.44. The molecule has 0 unspecified atom stereocenters. The standard InChI is InChI=1S/C38H26/c1-3-15-27(16-4-1)37(28-17-5-2-6-18-28)33-23-11-13-25-35(33)38(36-26-14-12-24-34(36)37)31-21-9-7-19-29(31)30-20-8-10-22-32(30)38/h1-26H. The second-order valence-corrected chi connectivity index (χ2v) is 10.4. The van der Waals surface area contributed by atoms with E-state index in [2.05, 4.69) is 158 Å². The molecule has 0 bridgehead atoms. The summed E-state index contributed by atoms with van der Waals surface area (Å²) >= 11 is 0. The van der Waals surface area contributed by atoms with Crippen LogP contribution in [0.3, 0.4) is 0 Å². The van der Waals surface area contributed by atoms with Gasteiger partial charge in [-0.1, -0.05) is 158 Å². The van der Waals surface area contributed by atoms with Gasteiger partial charge in [-0.3, -0.25) is 0 Å². The Bertz CT molecular complexity index is 1630. The predicted molar refractivity (Wildman–Crippen MR) is 156 cm³/mol. The van der Waals surface area contributed by atoms with E-state index in [0.717, 1.165) is 0 Å². The van der Waals surface area contributed by atoms with Gasteiger partial charge in [0.05, 0.1) is 10.8 Å². The van der Waals surface area contributed by atoms with Crippen LogP contribution in [0.5, 0.6) is 0 Å². The van der Waals surface area contributed by atoms with Gasteiger partial charge in [0, 0.05) is 0 Å². The Morgan fingerprint density at radius 2 is 0.526 bits per heavy atom. The van der Waals surface area contributed by atoms with Crippen molar-refractivity contribution in [1.82, 2.24) is 0 Å². The van der Waals surface area contributed by atoms with Crippen molar-refractivity contribution >= 4 is 0 Å². The van der Waals surface area contributed by atoms with Crippen molar-refractivity contribution < 1.29 is 0 Å². The Labute approximate surface area is 223 Å². The summed E-state index contributed by atoms with van der Waals surface area (Å²) in [5, 5.41) is 0. The minimum Gasteiger partial charge on any atom is -0.0622 e. The van der Waals surface area contributed by atoms with Gasteiger partial charge >= 0.3 is 0 Å². The first-order chi connectivity index (χ1) is 18.9. The fraction of sp³-hybridized carbons (Fsp3) is 0.0526. The molecule has 6 aromatic carbocycles. The van der Waals surface area contributed by atoms with E-state index in [1.54, 1.807) is 0 Å².